The number of thioether (sulfide) groups is 1. The Labute approximate surface area is 209 Å². The molecule has 1 unspecified atom stereocenters. The van der Waals surface area contributed by atoms with Crippen molar-refractivity contribution in [2.45, 2.75) is 30.6 Å². The zero-order valence-electron chi connectivity index (χ0n) is 19.7. The fourth-order valence-electron chi connectivity index (χ4n) is 3.98. The molecular formula is C28H29N3O3S. The van der Waals surface area contributed by atoms with E-state index in [1.807, 2.05) is 66.7 Å². The van der Waals surface area contributed by atoms with Gasteiger partial charge in [-0.3, -0.25) is 14.2 Å². The van der Waals surface area contributed by atoms with Gasteiger partial charge in [-0.25, -0.2) is 4.98 Å². The lowest BCUT2D eigenvalue weighted by Gasteiger charge is -2.20. The Kier molecular flexibility index (Phi) is 8.70. The number of amides is 1. The lowest BCUT2D eigenvalue weighted by atomic mass is 9.99. The molecule has 0 saturated carbocycles. The summed E-state index contributed by atoms with van der Waals surface area (Å²) in [7, 11) is 1.64. The van der Waals surface area contributed by atoms with Crippen LogP contribution in [-0.4, -0.2) is 34.9 Å². The fourth-order valence-corrected chi connectivity index (χ4v) is 4.81. The van der Waals surface area contributed by atoms with Crippen molar-refractivity contribution in [2.24, 2.45) is 0 Å². The molecule has 0 spiro atoms. The molecule has 35 heavy (non-hydrogen) atoms. The second kappa shape index (κ2) is 12.3. The lowest BCUT2D eigenvalue weighted by molar-refractivity contribution is -0.119. The number of methoxy groups -OCH3 is 1. The number of fused-ring (bicyclic) bond motifs is 1. The molecule has 4 rings (SSSR count). The van der Waals surface area contributed by atoms with Crippen molar-refractivity contribution in [3.63, 3.8) is 0 Å². The highest BCUT2D eigenvalue weighted by atomic mass is 32.2. The van der Waals surface area contributed by atoms with E-state index in [1.54, 1.807) is 17.7 Å². The number of aromatic nitrogens is 2. The lowest BCUT2D eigenvalue weighted by Crippen LogP contribution is -2.32. The molecule has 0 aliphatic heterocycles. The number of carbonyl (C=O) groups is 1. The summed E-state index contributed by atoms with van der Waals surface area (Å²) in [5.41, 5.74) is 2.74. The van der Waals surface area contributed by atoms with Gasteiger partial charge in [0.05, 0.1) is 22.7 Å². The first-order valence-electron chi connectivity index (χ1n) is 11.7. The van der Waals surface area contributed by atoms with Gasteiger partial charge in [0.1, 0.15) is 0 Å². The third kappa shape index (κ3) is 6.59. The predicted molar refractivity (Wildman–Crippen MR) is 141 cm³/mol. The van der Waals surface area contributed by atoms with Gasteiger partial charge in [-0.05, 0) is 36.1 Å². The maximum absolute atomic E-state index is 13.1. The maximum atomic E-state index is 13.1. The molecule has 7 heteroatoms. The molecule has 1 aromatic heterocycles. The minimum Gasteiger partial charge on any atom is -0.385 e. The van der Waals surface area contributed by atoms with Gasteiger partial charge >= 0.3 is 0 Å². The summed E-state index contributed by atoms with van der Waals surface area (Å²) in [5, 5.41) is 4.30. The standard InChI is InChI=1S/C28H29N3O3S/c1-34-18-10-17-31-27(33)23-15-8-9-16-24(23)30-28(31)35-20-26(32)29-25(22-13-6-3-7-14-22)19-21-11-4-2-5-12-21/h2-9,11-16,25H,10,17-20H2,1H3,(H,29,32). The average Bonchev–Trinajstić information content (AvgIpc) is 2.90. The molecule has 0 aliphatic carbocycles. The Morgan fingerprint density at radius 2 is 1.69 bits per heavy atom. The van der Waals surface area contributed by atoms with E-state index in [0.717, 1.165) is 11.1 Å². The van der Waals surface area contributed by atoms with Crippen LogP contribution >= 0.6 is 11.8 Å². The van der Waals surface area contributed by atoms with Crippen LogP contribution in [0, 0.1) is 0 Å². The Balaban J connectivity index is 1.51. The van der Waals surface area contributed by atoms with Crippen molar-refractivity contribution < 1.29 is 9.53 Å². The first-order chi connectivity index (χ1) is 17.2. The molecule has 1 atom stereocenters. The number of ether oxygens (including phenoxy) is 1. The van der Waals surface area contributed by atoms with Crippen molar-refractivity contribution in [3.05, 3.63) is 106 Å². The molecule has 0 saturated heterocycles. The molecule has 3 aromatic carbocycles. The second-order valence-electron chi connectivity index (χ2n) is 8.22. The van der Waals surface area contributed by atoms with Crippen molar-refractivity contribution in [2.75, 3.05) is 19.5 Å². The number of hydrogen-bond donors (Lipinski definition) is 1. The van der Waals surface area contributed by atoms with Crippen molar-refractivity contribution >= 4 is 28.6 Å². The minimum atomic E-state index is -0.153. The Hall–Kier alpha value is -3.42. The summed E-state index contributed by atoms with van der Waals surface area (Å²) in [6.07, 6.45) is 1.38. The van der Waals surface area contributed by atoms with Crippen LogP contribution in [0.15, 0.2) is 94.9 Å². The van der Waals surface area contributed by atoms with Crippen LogP contribution in [0.4, 0.5) is 0 Å². The molecule has 180 valence electrons. The largest absolute Gasteiger partial charge is 0.385 e. The predicted octanol–water partition coefficient (Wildman–Crippen LogP) is 4.63. The first-order valence-corrected chi connectivity index (χ1v) is 12.6. The van der Waals surface area contributed by atoms with E-state index < -0.39 is 0 Å². The summed E-state index contributed by atoms with van der Waals surface area (Å²) < 4.78 is 6.81. The molecular weight excluding hydrogens is 458 g/mol. The SMILES string of the molecule is COCCCn1c(SCC(=O)NC(Cc2ccccc2)c2ccccc2)nc2ccccc2c1=O. The van der Waals surface area contributed by atoms with Gasteiger partial charge in [0.15, 0.2) is 5.16 Å². The van der Waals surface area contributed by atoms with Gasteiger partial charge in [-0.2, -0.15) is 0 Å². The van der Waals surface area contributed by atoms with Crippen LogP contribution < -0.4 is 10.9 Å². The number of para-hydroxylation sites is 1. The number of nitrogens with zero attached hydrogens (tertiary/aromatic N) is 2. The number of carbonyl (C=O) groups excluding carboxylic acids is 1. The molecule has 4 aromatic rings. The van der Waals surface area contributed by atoms with E-state index in [-0.39, 0.29) is 23.3 Å². The van der Waals surface area contributed by atoms with Gasteiger partial charge in [0, 0.05) is 20.3 Å². The van der Waals surface area contributed by atoms with Crippen molar-refractivity contribution in [1.82, 2.24) is 14.9 Å². The smallest absolute Gasteiger partial charge is 0.262 e. The van der Waals surface area contributed by atoms with Crippen LogP contribution in [0.2, 0.25) is 0 Å². The number of rotatable bonds is 11. The van der Waals surface area contributed by atoms with Crippen molar-refractivity contribution in [1.29, 1.82) is 0 Å². The summed E-state index contributed by atoms with van der Waals surface area (Å²) in [6, 6.07) is 27.2. The van der Waals surface area contributed by atoms with E-state index in [4.69, 9.17) is 9.72 Å². The summed E-state index contributed by atoms with van der Waals surface area (Å²) in [6.45, 7) is 1.03. The van der Waals surface area contributed by atoms with E-state index in [9.17, 15) is 9.59 Å². The zero-order valence-corrected chi connectivity index (χ0v) is 20.5. The monoisotopic (exact) mass is 487 g/mol. The molecule has 6 nitrogen and oxygen atoms in total. The number of benzene rings is 3. The Morgan fingerprint density at radius 1 is 1.00 bits per heavy atom. The molecule has 1 N–H and O–H groups in total. The molecule has 1 amide bonds. The summed E-state index contributed by atoms with van der Waals surface area (Å²) in [5.74, 6) is 0.0540. The summed E-state index contributed by atoms with van der Waals surface area (Å²) in [4.78, 5) is 30.9. The van der Waals surface area contributed by atoms with Gasteiger partial charge in [-0.15, -0.1) is 0 Å². The van der Waals surface area contributed by atoms with Crippen LogP contribution in [0.1, 0.15) is 23.6 Å². The van der Waals surface area contributed by atoms with E-state index >= 15 is 0 Å². The van der Waals surface area contributed by atoms with Crippen molar-refractivity contribution in [3.8, 4) is 0 Å². The fraction of sp³-hybridized carbons (Fsp3) is 0.250. The second-order valence-corrected chi connectivity index (χ2v) is 9.17. The minimum absolute atomic E-state index is 0.0964. The Morgan fingerprint density at radius 3 is 2.43 bits per heavy atom. The van der Waals surface area contributed by atoms with Crippen LogP contribution in [0.3, 0.4) is 0 Å². The van der Waals surface area contributed by atoms with Gasteiger partial charge in [0.2, 0.25) is 5.91 Å². The number of nitrogens with one attached hydrogen (secondary N) is 1. The van der Waals surface area contributed by atoms with Crippen LogP contribution in [0.5, 0.6) is 0 Å². The summed E-state index contributed by atoms with van der Waals surface area (Å²) >= 11 is 1.28. The first kappa shape index (κ1) is 24.7. The molecule has 0 fully saturated rings. The quantitative estimate of drug-likeness (QED) is 0.190. The third-order valence-corrected chi connectivity index (χ3v) is 6.69. The normalized spacial score (nSPS) is 11.9. The Bertz CT molecular complexity index is 1310. The van der Waals surface area contributed by atoms with E-state index in [1.165, 1.54) is 11.8 Å². The molecule has 0 bridgehead atoms. The average molecular weight is 488 g/mol. The molecule has 0 radical (unpaired) electrons. The number of hydrogen-bond acceptors (Lipinski definition) is 5. The van der Waals surface area contributed by atoms with Gasteiger partial charge in [-0.1, -0.05) is 84.6 Å². The van der Waals surface area contributed by atoms with Gasteiger partial charge in [0.25, 0.3) is 5.56 Å². The molecule has 1 heterocycles. The van der Waals surface area contributed by atoms with E-state index in [2.05, 4.69) is 17.4 Å². The highest BCUT2D eigenvalue weighted by molar-refractivity contribution is 7.99. The van der Waals surface area contributed by atoms with E-state index in [0.29, 0.717) is 42.1 Å². The maximum Gasteiger partial charge on any atom is 0.262 e. The third-order valence-electron chi connectivity index (χ3n) is 5.71. The molecule has 0 aliphatic rings. The van der Waals surface area contributed by atoms with Crippen LogP contribution in [0.25, 0.3) is 10.9 Å². The van der Waals surface area contributed by atoms with Crippen LogP contribution in [-0.2, 0) is 22.5 Å². The highest BCUT2D eigenvalue weighted by Crippen LogP contribution is 2.21. The highest BCUT2D eigenvalue weighted by Gasteiger charge is 2.17. The zero-order chi connectivity index (χ0) is 24.5. The topological polar surface area (TPSA) is 73.2 Å². The van der Waals surface area contributed by atoms with Gasteiger partial charge < -0.3 is 10.1 Å².